The highest BCUT2D eigenvalue weighted by Gasteiger charge is 2.53. The summed E-state index contributed by atoms with van der Waals surface area (Å²) in [5, 5.41) is 3.54. The number of rotatable bonds is 7. The van der Waals surface area contributed by atoms with Crippen LogP contribution in [0, 0.1) is 5.41 Å². The number of nitrogens with one attached hydrogen (secondary N) is 1. The quantitative estimate of drug-likeness (QED) is 0.679. The largest absolute Gasteiger partial charge is 0.466 e. The molecule has 1 fully saturated rings. The Hall–Kier alpha value is -0.570. The minimum Gasteiger partial charge on any atom is -0.466 e. The molecule has 1 N–H and O–H groups in total. The molecule has 0 radical (unpaired) electrons. The zero-order valence-corrected chi connectivity index (χ0v) is 11.1. The maximum absolute atomic E-state index is 11.6. The molecule has 0 aromatic rings. The minimum atomic E-state index is -0.102. The van der Waals surface area contributed by atoms with E-state index in [2.05, 4.69) is 26.1 Å². The smallest absolute Gasteiger partial charge is 0.307 e. The number of hydrogen-bond donors (Lipinski definition) is 1. The Labute approximate surface area is 98.9 Å². The van der Waals surface area contributed by atoms with E-state index < -0.39 is 0 Å². The number of ether oxygens (including phenoxy) is 1. The predicted octanol–water partition coefficient (Wildman–Crippen LogP) is 2.50. The zero-order valence-electron chi connectivity index (χ0n) is 11.1. The normalized spacial score (nSPS) is 21.2. The summed E-state index contributed by atoms with van der Waals surface area (Å²) in [5.74, 6) is -0.0817. The number of esters is 1. The molecule has 16 heavy (non-hydrogen) atoms. The average molecular weight is 227 g/mol. The Morgan fingerprint density at radius 2 is 2.06 bits per heavy atom. The molecule has 0 aromatic carbocycles. The van der Waals surface area contributed by atoms with Gasteiger partial charge in [0.15, 0.2) is 0 Å². The van der Waals surface area contributed by atoms with Gasteiger partial charge in [-0.3, -0.25) is 4.79 Å². The third kappa shape index (κ3) is 2.97. The number of carbonyl (C=O) groups excluding carboxylic acids is 1. The van der Waals surface area contributed by atoms with Gasteiger partial charge in [0.2, 0.25) is 0 Å². The van der Waals surface area contributed by atoms with Crippen molar-refractivity contribution in [2.24, 2.45) is 5.41 Å². The van der Waals surface area contributed by atoms with Gasteiger partial charge in [-0.1, -0.05) is 13.8 Å². The molecular weight excluding hydrogens is 202 g/mol. The standard InChI is InChI=1S/C13H25NO2/c1-5-9-14-13(4,12(3)7-8-12)10-11(15)16-6-2/h14H,5-10H2,1-4H3. The molecule has 0 aliphatic heterocycles. The molecular formula is C13H25NO2. The van der Waals surface area contributed by atoms with Crippen LogP contribution in [0.1, 0.15) is 53.4 Å². The highest BCUT2D eigenvalue weighted by molar-refractivity contribution is 5.71. The first-order chi connectivity index (χ1) is 7.47. The van der Waals surface area contributed by atoms with Crippen LogP contribution in [0.15, 0.2) is 0 Å². The fourth-order valence-electron chi connectivity index (χ4n) is 2.13. The Kier molecular flexibility index (Phi) is 4.36. The lowest BCUT2D eigenvalue weighted by molar-refractivity contribution is -0.145. The van der Waals surface area contributed by atoms with E-state index in [9.17, 15) is 4.79 Å². The van der Waals surface area contributed by atoms with Gasteiger partial charge >= 0.3 is 5.97 Å². The van der Waals surface area contributed by atoms with Crippen molar-refractivity contribution in [3.8, 4) is 0 Å². The van der Waals surface area contributed by atoms with Crippen molar-refractivity contribution in [2.45, 2.75) is 58.9 Å². The summed E-state index contributed by atoms with van der Waals surface area (Å²) in [6.45, 7) is 9.85. The van der Waals surface area contributed by atoms with Crippen molar-refractivity contribution >= 4 is 5.97 Å². The molecule has 1 aliphatic rings. The molecule has 1 aliphatic carbocycles. The number of hydrogen-bond acceptors (Lipinski definition) is 3. The zero-order chi connectivity index (χ0) is 12.2. The third-order valence-electron chi connectivity index (χ3n) is 3.90. The fraction of sp³-hybridized carbons (Fsp3) is 0.923. The lowest BCUT2D eigenvalue weighted by Crippen LogP contribution is -2.51. The molecule has 0 bridgehead atoms. The van der Waals surface area contributed by atoms with Crippen molar-refractivity contribution in [2.75, 3.05) is 13.2 Å². The van der Waals surface area contributed by atoms with Crippen LogP contribution in [0.25, 0.3) is 0 Å². The molecule has 3 heteroatoms. The molecule has 1 atom stereocenters. The summed E-state index contributed by atoms with van der Waals surface area (Å²) in [6.07, 6.45) is 3.99. The van der Waals surface area contributed by atoms with Gasteiger partial charge in [-0.2, -0.15) is 0 Å². The predicted molar refractivity (Wildman–Crippen MR) is 65.3 cm³/mol. The van der Waals surface area contributed by atoms with Gasteiger partial charge in [0, 0.05) is 5.54 Å². The second-order valence-electron chi connectivity index (χ2n) is 5.30. The van der Waals surface area contributed by atoms with E-state index in [0.29, 0.717) is 13.0 Å². The summed E-state index contributed by atoms with van der Waals surface area (Å²) in [6, 6.07) is 0. The van der Waals surface area contributed by atoms with Crippen LogP contribution in [0.2, 0.25) is 0 Å². The van der Waals surface area contributed by atoms with Crippen molar-refractivity contribution in [3.63, 3.8) is 0 Å². The SMILES string of the molecule is CCCNC(C)(CC(=O)OCC)C1(C)CC1. The van der Waals surface area contributed by atoms with Crippen LogP contribution in [0.3, 0.4) is 0 Å². The first-order valence-corrected chi connectivity index (χ1v) is 6.38. The monoisotopic (exact) mass is 227 g/mol. The van der Waals surface area contributed by atoms with Crippen LogP contribution in [-0.4, -0.2) is 24.7 Å². The van der Waals surface area contributed by atoms with E-state index in [1.54, 1.807) is 0 Å². The molecule has 1 rings (SSSR count). The maximum Gasteiger partial charge on any atom is 0.307 e. The van der Waals surface area contributed by atoms with Crippen LogP contribution in [-0.2, 0) is 9.53 Å². The third-order valence-corrected chi connectivity index (χ3v) is 3.90. The summed E-state index contributed by atoms with van der Waals surface area (Å²) in [7, 11) is 0. The summed E-state index contributed by atoms with van der Waals surface area (Å²) in [4.78, 5) is 11.6. The highest BCUT2D eigenvalue weighted by atomic mass is 16.5. The first-order valence-electron chi connectivity index (χ1n) is 6.38. The Morgan fingerprint density at radius 3 is 2.50 bits per heavy atom. The molecule has 3 nitrogen and oxygen atoms in total. The molecule has 0 heterocycles. The van der Waals surface area contributed by atoms with Gasteiger partial charge < -0.3 is 10.1 Å². The molecule has 94 valence electrons. The van der Waals surface area contributed by atoms with E-state index in [-0.39, 0.29) is 16.9 Å². The van der Waals surface area contributed by atoms with Gasteiger partial charge in [-0.15, -0.1) is 0 Å². The first kappa shape index (κ1) is 13.5. The average Bonchev–Trinajstić information content (AvgIpc) is 2.95. The van der Waals surface area contributed by atoms with E-state index >= 15 is 0 Å². The molecule has 1 unspecified atom stereocenters. The van der Waals surface area contributed by atoms with Crippen LogP contribution >= 0.6 is 0 Å². The van der Waals surface area contributed by atoms with E-state index in [4.69, 9.17) is 4.74 Å². The van der Waals surface area contributed by atoms with Crippen molar-refractivity contribution in [1.29, 1.82) is 0 Å². The van der Waals surface area contributed by atoms with Crippen LogP contribution in [0.5, 0.6) is 0 Å². The lowest BCUT2D eigenvalue weighted by atomic mass is 9.81. The molecule has 0 saturated heterocycles. The van der Waals surface area contributed by atoms with Gasteiger partial charge in [0.05, 0.1) is 13.0 Å². The van der Waals surface area contributed by atoms with Gasteiger partial charge in [0.25, 0.3) is 0 Å². The van der Waals surface area contributed by atoms with E-state index in [1.807, 2.05) is 6.92 Å². The summed E-state index contributed by atoms with van der Waals surface area (Å²) in [5.41, 5.74) is 0.171. The minimum absolute atomic E-state index is 0.0817. The van der Waals surface area contributed by atoms with Gasteiger partial charge in [-0.25, -0.2) is 0 Å². The van der Waals surface area contributed by atoms with Gasteiger partial charge in [0.1, 0.15) is 0 Å². The lowest BCUT2D eigenvalue weighted by Gasteiger charge is -2.36. The molecule has 0 amide bonds. The van der Waals surface area contributed by atoms with Gasteiger partial charge in [-0.05, 0) is 45.1 Å². The summed E-state index contributed by atoms with van der Waals surface area (Å²) < 4.78 is 5.06. The molecule has 1 saturated carbocycles. The van der Waals surface area contributed by atoms with Crippen molar-refractivity contribution < 1.29 is 9.53 Å². The van der Waals surface area contributed by atoms with Crippen LogP contribution < -0.4 is 5.32 Å². The summed E-state index contributed by atoms with van der Waals surface area (Å²) >= 11 is 0. The molecule has 0 spiro atoms. The maximum atomic E-state index is 11.6. The van der Waals surface area contributed by atoms with E-state index in [1.165, 1.54) is 12.8 Å². The highest BCUT2D eigenvalue weighted by Crippen LogP contribution is 2.54. The Balaban J connectivity index is 2.60. The second kappa shape index (κ2) is 5.17. The van der Waals surface area contributed by atoms with Crippen molar-refractivity contribution in [3.05, 3.63) is 0 Å². The Bertz CT molecular complexity index is 248. The number of carbonyl (C=O) groups is 1. The molecule has 0 aromatic heterocycles. The second-order valence-corrected chi connectivity index (χ2v) is 5.30. The van der Waals surface area contributed by atoms with Crippen molar-refractivity contribution in [1.82, 2.24) is 5.32 Å². The fourth-order valence-corrected chi connectivity index (χ4v) is 2.13. The topological polar surface area (TPSA) is 38.3 Å². The van der Waals surface area contributed by atoms with Crippen LogP contribution in [0.4, 0.5) is 0 Å². The van der Waals surface area contributed by atoms with E-state index in [0.717, 1.165) is 13.0 Å². The Morgan fingerprint density at radius 1 is 1.44 bits per heavy atom.